The second-order valence-electron chi connectivity index (χ2n) is 11.4. The number of thiazole rings is 1. The van der Waals surface area contributed by atoms with Gasteiger partial charge in [0.15, 0.2) is 5.13 Å². The van der Waals surface area contributed by atoms with E-state index >= 15 is 0 Å². The summed E-state index contributed by atoms with van der Waals surface area (Å²) in [4.78, 5) is 33.6. The van der Waals surface area contributed by atoms with Gasteiger partial charge in [0, 0.05) is 56.9 Å². The van der Waals surface area contributed by atoms with E-state index in [0.29, 0.717) is 25.3 Å². The molecule has 1 amide bonds. The lowest BCUT2D eigenvalue weighted by Gasteiger charge is -2.35. The van der Waals surface area contributed by atoms with Crippen molar-refractivity contribution >= 4 is 28.3 Å². The largest absolute Gasteiger partial charge is 0.488 e. The van der Waals surface area contributed by atoms with Gasteiger partial charge in [-0.2, -0.15) is 0 Å². The monoisotopic (exact) mass is 577 g/mol. The molecule has 1 unspecified atom stereocenters. The number of hydrogen-bond acceptors (Lipinski definition) is 7. The van der Waals surface area contributed by atoms with Gasteiger partial charge in [0.1, 0.15) is 12.4 Å². The van der Waals surface area contributed by atoms with Crippen molar-refractivity contribution in [3.8, 4) is 17.0 Å². The van der Waals surface area contributed by atoms with E-state index in [0.717, 1.165) is 71.2 Å². The number of carboxylic acids is 1. The zero-order chi connectivity index (χ0) is 29.1. The Hall–Kier alpha value is -3.43. The number of aliphatic carboxylic acids is 1. The fourth-order valence-corrected chi connectivity index (χ4v) is 7.05. The van der Waals surface area contributed by atoms with Crippen LogP contribution in [0, 0.1) is 31.6 Å². The SMILES string of the molecule is COCCCN(C)C(=O)c1ccc(COc2ccc(C)cc2-c2csc(N3CC4CC[C@@H](C3)[C@H]4C(=O)O)n2)c(C)c1. The Morgan fingerprint density at radius 2 is 1.88 bits per heavy atom. The summed E-state index contributed by atoms with van der Waals surface area (Å²) in [6.07, 6.45) is 2.75. The van der Waals surface area contributed by atoms with Gasteiger partial charge in [0.2, 0.25) is 0 Å². The van der Waals surface area contributed by atoms with Gasteiger partial charge in [-0.15, -0.1) is 11.3 Å². The molecular formula is C32H39N3O5S. The molecule has 2 aliphatic rings. The third kappa shape index (κ3) is 6.41. The number of amides is 1. The number of carboxylic acid groups (broad SMARTS) is 1. The first kappa shape index (κ1) is 29.1. The van der Waals surface area contributed by atoms with Crippen LogP contribution in [0.5, 0.6) is 5.75 Å². The molecule has 1 aliphatic carbocycles. The minimum absolute atomic E-state index is 0.00276. The Morgan fingerprint density at radius 1 is 1.12 bits per heavy atom. The number of ether oxygens (including phenoxy) is 2. The number of hydrogen-bond donors (Lipinski definition) is 1. The summed E-state index contributed by atoms with van der Waals surface area (Å²) >= 11 is 1.61. The van der Waals surface area contributed by atoms with Crippen LogP contribution in [0.25, 0.3) is 11.3 Å². The lowest BCUT2D eigenvalue weighted by molar-refractivity contribution is -0.144. The zero-order valence-corrected chi connectivity index (χ0v) is 25.1. The summed E-state index contributed by atoms with van der Waals surface area (Å²) in [7, 11) is 3.48. The third-order valence-electron chi connectivity index (χ3n) is 8.45. The molecule has 0 radical (unpaired) electrons. The van der Waals surface area contributed by atoms with E-state index in [1.807, 2.05) is 44.3 Å². The van der Waals surface area contributed by atoms with Crippen LogP contribution in [0.2, 0.25) is 0 Å². The molecule has 1 saturated carbocycles. The first-order chi connectivity index (χ1) is 19.7. The third-order valence-corrected chi connectivity index (χ3v) is 9.36. The molecular weight excluding hydrogens is 538 g/mol. The number of piperidine rings is 1. The minimum atomic E-state index is -0.653. The molecule has 2 fully saturated rings. The second-order valence-corrected chi connectivity index (χ2v) is 12.2. The highest BCUT2D eigenvalue weighted by Crippen LogP contribution is 2.44. The number of anilines is 1. The molecule has 2 aromatic carbocycles. The lowest BCUT2D eigenvalue weighted by atomic mass is 9.85. The number of nitrogens with zero attached hydrogens (tertiary/aromatic N) is 3. The topological polar surface area (TPSA) is 92.2 Å². The molecule has 5 rings (SSSR count). The van der Waals surface area contributed by atoms with Crippen LogP contribution < -0.4 is 9.64 Å². The summed E-state index contributed by atoms with van der Waals surface area (Å²) in [6, 6.07) is 11.9. The van der Waals surface area contributed by atoms with E-state index in [2.05, 4.69) is 23.3 Å². The maximum absolute atomic E-state index is 12.8. The van der Waals surface area contributed by atoms with E-state index in [1.54, 1.807) is 23.3 Å². The molecule has 41 heavy (non-hydrogen) atoms. The molecule has 3 aromatic rings. The van der Waals surface area contributed by atoms with Crippen molar-refractivity contribution < 1.29 is 24.2 Å². The molecule has 1 aromatic heterocycles. The molecule has 0 spiro atoms. The predicted octanol–water partition coefficient (Wildman–Crippen LogP) is 5.66. The van der Waals surface area contributed by atoms with Gasteiger partial charge in [0.05, 0.1) is 11.6 Å². The van der Waals surface area contributed by atoms with Gasteiger partial charge in [0.25, 0.3) is 5.91 Å². The van der Waals surface area contributed by atoms with Crippen LogP contribution in [-0.4, -0.2) is 67.3 Å². The van der Waals surface area contributed by atoms with Crippen molar-refractivity contribution in [2.24, 2.45) is 17.8 Å². The molecule has 2 bridgehead atoms. The molecule has 2 heterocycles. The standard InChI is InChI=1S/C32H39N3O5S/c1-20-6-11-28(40-18-25-10-7-22(15-21(25)2)30(36)34(3)12-5-13-39-4)26(14-20)27-19-41-32(33-27)35-16-23-8-9-24(17-35)29(23)31(37)38/h6-7,10-11,14-15,19,23-24,29H,5,8-9,12-13,16-18H2,1-4H3,(H,37,38)/t23-,24?,29+/m0/s1. The van der Waals surface area contributed by atoms with E-state index < -0.39 is 5.97 Å². The van der Waals surface area contributed by atoms with E-state index in [9.17, 15) is 14.7 Å². The van der Waals surface area contributed by atoms with Crippen LogP contribution in [0.4, 0.5) is 5.13 Å². The van der Waals surface area contributed by atoms with Gasteiger partial charge in [-0.3, -0.25) is 9.59 Å². The lowest BCUT2D eigenvalue weighted by Crippen LogP contribution is -2.44. The number of aryl methyl sites for hydroxylation is 2. The molecule has 1 saturated heterocycles. The smallest absolute Gasteiger partial charge is 0.307 e. The highest BCUT2D eigenvalue weighted by atomic mass is 32.1. The number of carbonyl (C=O) groups excluding carboxylic acids is 1. The highest BCUT2D eigenvalue weighted by Gasteiger charge is 2.46. The average molecular weight is 578 g/mol. The van der Waals surface area contributed by atoms with Crippen LogP contribution in [-0.2, 0) is 16.1 Å². The molecule has 9 heteroatoms. The molecule has 1 aliphatic heterocycles. The first-order valence-corrected chi connectivity index (χ1v) is 15.1. The Kier molecular flexibility index (Phi) is 8.94. The molecule has 218 valence electrons. The maximum Gasteiger partial charge on any atom is 0.307 e. The van der Waals surface area contributed by atoms with Gasteiger partial charge in [-0.05, 0) is 80.3 Å². The number of aromatic nitrogens is 1. The predicted molar refractivity (Wildman–Crippen MR) is 161 cm³/mol. The quantitative estimate of drug-likeness (QED) is 0.294. The fourth-order valence-electron chi connectivity index (χ4n) is 6.20. The van der Waals surface area contributed by atoms with Crippen LogP contribution in [0.1, 0.15) is 46.3 Å². The Bertz CT molecular complexity index is 1390. The number of methoxy groups -OCH3 is 1. The van der Waals surface area contributed by atoms with E-state index in [4.69, 9.17) is 14.5 Å². The number of benzene rings is 2. The summed E-state index contributed by atoms with van der Waals surface area (Å²) < 4.78 is 11.4. The minimum Gasteiger partial charge on any atom is -0.488 e. The number of carbonyl (C=O) groups is 2. The van der Waals surface area contributed by atoms with Gasteiger partial charge >= 0.3 is 5.97 Å². The van der Waals surface area contributed by atoms with Gasteiger partial charge in [-0.1, -0.05) is 17.7 Å². The Labute approximate surface area is 245 Å². The van der Waals surface area contributed by atoms with Crippen molar-refractivity contribution in [1.82, 2.24) is 9.88 Å². The van der Waals surface area contributed by atoms with Crippen LogP contribution in [0.15, 0.2) is 41.8 Å². The molecule has 3 atom stereocenters. The van der Waals surface area contributed by atoms with Crippen molar-refractivity contribution in [2.45, 2.75) is 39.7 Å². The molecule has 1 N–H and O–H groups in total. The summed E-state index contributed by atoms with van der Waals surface area (Å²) in [6.45, 7) is 7.21. The summed E-state index contributed by atoms with van der Waals surface area (Å²) in [5, 5.41) is 12.7. The normalized spacial score (nSPS) is 19.8. The fraction of sp³-hybridized carbons (Fsp3) is 0.469. The van der Waals surface area contributed by atoms with Crippen LogP contribution >= 0.6 is 11.3 Å². The van der Waals surface area contributed by atoms with Crippen molar-refractivity contribution in [3.63, 3.8) is 0 Å². The Morgan fingerprint density at radius 3 is 2.56 bits per heavy atom. The van der Waals surface area contributed by atoms with Crippen molar-refractivity contribution in [3.05, 3.63) is 64.0 Å². The van der Waals surface area contributed by atoms with Gasteiger partial charge in [-0.25, -0.2) is 4.98 Å². The van der Waals surface area contributed by atoms with Crippen LogP contribution in [0.3, 0.4) is 0 Å². The number of fused-ring (bicyclic) bond motifs is 2. The van der Waals surface area contributed by atoms with E-state index in [-0.39, 0.29) is 23.7 Å². The highest BCUT2D eigenvalue weighted by molar-refractivity contribution is 7.14. The maximum atomic E-state index is 12.8. The van der Waals surface area contributed by atoms with E-state index in [1.165, 1.54) is 0 Å². The summed E-state index contributed by atoms with van der Waals surface area (Å²) in [5.74, 6) is 0.265. The molecule has 8 nitrogen and oxygen atoms in total. The first-order valence-electron chi connectivity index (χ1n) is 14.3. The zero-order valence-electron chi connectivity index (χ0n) is 24.3. The van der Waals surface area contributed by atoms with Gasteiger partial charge < -0.3 is 24.4 Å². The average Bonchev–Trinajstić information content (AvgIpc) is 3.55. The van der Waals surface area contributed by atoms with Crippen molar-refractivity contribution in [1.29, 1.82) is 0 Å². The second kappa shape index (κ2) is 12.6. The Balaban J connectivity index is 1.27. The van der Waals surface area contributed by atoms with Crippen molar-refractivity contribution in [2.75, 3.05) is 45.3 Å². The summed E-state index contributed by atoms with van der Waals surface area (Å²) in [5.41, 5.74) is 5.62. The number of rotatable bonds is 11.